The fourth-order valence-electron chi connectivity index (χ4n) is 1.42. The summed E-state index contributed by atoms with van der Waals surface area (Å²) in [4.78, 5) is 2.12. The number of nitriles is 1. The van der Waals surface area contributed by atoms with Gasteiger partial charge in [-0.2, -0.15) is 5.26 Å². The van der Waals surface area contributed by atoms with E-state index in [0.717, 1.165) is 6.54 Å². The average molecular weight is 249 g/mol. The predicted octanol–water partition coefficient (Wildman–Crippen LogP) is 2.13. The van der Waals surface area contributed by atoms with Crippen LogP contribution in [0.25, 0.3) is 0 Å². The molecule has 0 aromatic heterocycles. The lowest BCUT2D eigenvalue weighted by Crippen LogP contribution is -2.46. The molecule has 0 aliphatic carbocycles. The van der Waals surface area contributed by atoms with E-state index in [1.54, 1.807) is 12.1 Å². The number of hydrogen-bond acceptors (Lipinski definition) is 3. The first-order valence-corrected chi connectivity index (χ1v) is 5.93. The van der Waals surface area contributed by atoms with Crippen molar-refractivity contribution in [3.8, 4) is 6.07 Å². The van der Waals surface area contributed by atoms with Gasteiger partial charge < -0.3 is 10.2 Å². The summed E-state index contributed by atoms with van der Waals surface area (Å²) in [6, 6.07) is 6.49. The van der Waals surface area contributed by atoms with E-state index in [1.807, 2.05) is 20.2 Å². The van der Waals surface area contributed by atoms with Crippen LogP contribution in [0.3, 0.4) is 0 Å². The van der Waals surface area contributed by atoms with Crippen molar-refractivity contribution < 1.29 is 4.39 Å². The van der Waals surface area contributed by atoms with Crippen LogP contribution in [-0.2, 0) is 6.54 Å². The lowest BCUT2D eigenvalue weighted by atomic mass is 10.0. The molecule has 0 saturated heterocycles. The Kier molecular flexibility index (Phi) is 4.83. The molecule has 0 spiro atoms. The summed E-state index contributed by atoms with van der Waals surface area (Å²) in [7, 11) is 4.04. The summed E-state index contributed by atoms with van der Waals surface area (Å²) in [6.07, 6.45) is 0. The smallest absolute Gasteiger partial charge is 0.129 e. The van der Waals surface area contributed by atoms with Gasteiger partial charge in [-0.25, -0.2) is 4.39 Å². The molecule has 0 atom stereocenters. The summed E-state index contributed by atoms with van der Waals surface area (Å²) >= 11 is 0. The van der Waals surface area contributed by atoms with Gasteiger partial charge >= 0.3 is 0 Å². The Morgan fingerprint density at radius 1 is 1.39 bits per heavy atom. The molecule has 0 unspecified atom stereocenters. The van der Waals surface area contributed by atoms with Gasteiger partial charge in [0.1, 0.15) is 5.82 Å². The van der Waals surface area contributed by atoms with Crippen LogP contribution in [0.2, 0.25) is 0 Å². The van der Waals surface area contributed by atoms with Crippen LogP contribution in [0.15, 0.2) is 18.2 Å². The van der Waals surface area contributed by atoms with Gasteiger partial charge in [-0.3, -0.25) is 0 Å². The Morgan fingerprint density at radius 3 is 2.56 bits per heavy atom. The summed E-state index contributed by atoms with van der Waals surface area (Å²) in [5.41, 5.74) is 0.955. The Hall–Kier alpha value is -1.44. The zero-order chi connectivity index (χ0) is 13.8. The molecule has 0 aliphatic heterocycles. The normalized spacial score (nSPS) is 11.6. The monoisotopic (exact) mass is 249 g/mol. The number of nitrogens with one attached hydrogen (secondary N) is 1. The highest BCUT2D eigenvalue weighted by molar-refractivity contribution is 5.32. The number of likely N-dealkylation sites (N-methyl/N-ethyl adjacent to an activating group) is 1. The Balaban J connectivity index is 2.58. The van der Waals surface area contributed by atoms with E-state index in [-0.39, 0.29) is 11.4 Å². The molecule has 0 heterocycles. The van der Waals surface area contributed by atoms with Crippen LogP contribution >= 0.6 is 0 Å². The molecule has 0 bridgehead atoms. The SMILES string of the molecule is CN(C)C(C)(C)CNCc1ccc(C#N)cc1F. The zero-order valence-corrected chi connectivity index (χ0v) is 11.4. The van der Waals surface area contributed by atoms with Gasteiger partial charge in [0.2, 0.25) is 0 Å². The molecule has 0 saturated carbocycles. The van der Waals surface area contributed by atoms with E-state index < -0.39 is 0 Å². The third-order valence-corrected chi connectivity index (χ3v) is 3.27. The van der Waals surface area contributed by atoms with E-state index in [4.69, 9.17) is 5.26 Å². The molecule has 4 heteroatoms. The van der Waals surface area contributed by atoms with Gasteiger partial charge in [0.25, 0.3) is 0 Å². The molecule has 1 rings (SSSR count). The maximum Gasteiger partial charge on any atom is 0.129 e. The maximum atomic E-state index is 13.6. The standard InChI is InChI=1S/C14H20FN3/c1-14(2,18(3)4)10-17-9-12-6-5-11(8-16)7-13(12)15/h5-7,17H,9-10H2,1-4H3. The van der Waals surface area contributed by atoms with Crippen LogP contribution in [0.5, 0.6) is 0 Å². The van der Waals surface area contributed by atoms with Crippen molar-refractivity contribution >= 4 is 0 Å². The van der Waals surface area contributed by atoms with Crippen LogP contribution in [0, 0.1) is 17.1 Å². The van der Waals surface area contributed by atoms with E-state index in [1.165, 1.54) is 6.07 Å². The minimum Gasteiger partial charge on any atom is -0.311 e. The number of hydrogen-bond donors (Lipinski definition) is 1. The molecule has 1 N–H and O–H groups in total. The van der Waals surface area contributed by atoms with Gasteiger partial charge in [-0.1, -0.05) is 6.07 Å². The van der Waals surface area contributed by atoms with Crippen molar-refractivity contribution in [1.82, 2.24) is 10.2 Å². The van der Waals surface area contributed by atoms with Crippen LogP contribution in [0.4, 0.5) is 4.39 Å². The van der Waals surface area contributed by atoms with Crippen molar-refractivity contribution in [1.29, 1.82) is 5.26 Å². The average Bonchev–Trinajstić information content (AvgIpc) is 2.30. The summed E-state index contributed by atoms with van der Waals surface area (Å²) in [6.45, 7) is 5.47. The number of halogens is 1. The van der Waals surface area contributed by atoms with Gasteiger partial charge in [-0.15, -0.1) is 0 Å². The van der Waals surface area contributed by atoms with Gasteiger partial charge in [0.05, 0.1) is 11.6 Å². The molecule has 0 radical (unpaired) electrons. The highest BCUT2D eigenvalue weighted by Crippen LogP contribution is 2.11. The van der Waals surface area contributed by atoms with Crippen LogP contribution < -0.4 is 5.32 Å². The molecule has 0 fully saturated rings. The highest BCUT2D eigenvalue weighted by atomic mass is 19.1. The molecule has 0 aliphatic rings. The van der Waals surface area contributed by atoms with E-state index in [2.05, 4.69) is 24.1 Å². The third-order valence-electron chi connectivity index (χ3n) is 3.27. The number of rotatable bonds is 5. The molecular formula is C14H20FN3. The topological polar surface area (TPSA) is 39.1 Å². The van der Waals surface area contributed by atoms with Crippen molar-refractivity contribution in [3.63, 3.8) is 0 Å². The Morgan fingerprint density at radius 2 is 2.06 bits per heavy atom. The molecule has 0 amide bonds. The molecule has 1 aromatic rings. The predicted molar refractivity (Wildman–Crippen MR) is 70.6 cm³/mol. The minimum atomic E-state index is -0.329. The quantitative estimate of drug-likeness (QED) is 0.869. The molecule has 18 heavy (non-hydrogen) atoms. The first-order valence-electron chi connectivity index (χ1n) is 5.93. The van der Waals surface area contributed by atoms with E-state index in [9.17, 15) is 4.39 Å². The first-order chi connectivity index (χ1) is 8.36. The van der Waals surface area contributed by atoms with Crippen LogP contribution in [-0.4, -0.2) is 31.1 Å². The van der Waals surface area contributed by atoms with Gasteiger partial charge in [0, 0.05) is 24.2 Å². The largest absolute Gasteiger partial charge is 0.311 e. The number of nitrogens with zero attached hydrogens (tertiary/aromatic N) is 2. The van der Waals surface area contributed by atoms with Crippen molar-refractivity contribution in [3.05, 3.63) is 35.1 Å². The van der Waals surface area contributed by atoms with Crippen molar-refractivity contribution in [2.45, 2.75) is 25.9 Å². The van der Waals surface area contributed by atoms with Crippen molar-refractivity contribution in [2.24, 2.45) is 0 Å². The van der Waals surface area contributed by atoms with Gasteiger partial charge in [-0.05, 0) is 40.1 Å². The lowest BCUT2D eigenvalue weighted by molar-refractivity contribution is 0.189. The summed E-state index contributed by atoms with van der Waals surface area (Å²) in [5.74, 6) is -0.329. The second-order valence-electron chi connectivity index (χ2n) is 5.23. The zero-order valence-electron chi connectivity index (χ0n) is 11.4. The second kappa shape index (κ2) is 5.94. The Bertz CT molecular complexity index is 447. The van der Waals surface area contributed by atoms with Crippen molar-refractivity contribution in [2.75, 3.05) is 20.6 Å². The first kappa shape index (κ1) is 14.6. The van der Waals surface area contributed by atoms with Gasteiger partial charge in [0.15, 0.2) is 0 Å². The maximum absolute atomic E-state index is 13.6. The molecular weight excluding hydrogens is 229 g/mol. The van der Waals surface area contributed by atoms with Crippen LogP contribution in [0.1, 0.15) is 25.0 Å². The molecule has 1 aromatic carbocycles. The fraction of sp³-hybridized carbons (Fsp3) is 0.500. The minimum absolute atomic E-state index is 0.0169. The molecule has 98 valence electrons. The van der Waals surface area contributed by atoms with E-state index in [0.29, 0.717) is 17.7 Å². The number of benzene rings is 1. The third kappa shape index (κ3) is 3.80. The Labute approximate surface area is 108 Å². The summed E-state index contributed by atoms with van der Waals surface area (Å²) < 4.78 is 13.6. The van der Waals surface area contributed by atoms with E-state index >= 15 is 0 Å². The summed E-state index contributed by atoms with van der Waals surface area (Å²) in [5, 5.41) is 11.9. The fourth-order valence-corrected chi connectivity index (χ4v) is 1.42. The lowest BCUT2D eigenvalue weighted by Gasteiger charge is -2.32. The molecule has 3 nitrogen and oxygen atoms in total. The highest BCUT2D eigenvalue weighted by Gasteiger charge is 2.19. The second-order valence-corrected chi connectivity index (χ2v) is 5.23.